The molecule has 4 rings (SSSR count). The van der Waals surface area contributed by atoms with Crippen LogP contribution in [0.2, 0.25) is 10.0 Å². The lowest BCUT2D eigenvalue weighted by Gasteiger charge is -2.29. The van der Waals surface area contributed by atoms with Crippen LogP contribution in [-0.2, 0) is 9.59 Å². The molecule has 3 aromatic rings. The first-order valence-corrected chi connectivity index (χ1v) is 10.2. The molecule has 1 aliphatic heterocycles. The largest absolute Gasteiger partial charge is 0.325 e. The van der Waals surface area contributed by atoms with Crippen molar-refractivity contribution < 1.29 is 9.59 Å². The van der Waals surface area contributed by atoms with Gasteiger partial charge < -0.3 is 5.32 Å². The van der Waals surface area contributed by atoms with E-state index in [9.17, 15) is 9.59 Å². The number of hydrazine groups is 1. The van der Waals surface area contributed by atoms with Crippen LogP contribution in [0.1, 0.15) is 0 Å². The van der Waals surface area contributed by atoms with Crippen molar-refractivity contribution in [1.82, 2.24) is 0 Å². The Morgan fingerprint density at radius 2 is 1.71 bits per heavy atom. The SMILES string of the molecule is O=C(Nc1ccsc1)C1CN(c2cccc(Cl)c2)N(c2cccc(Cl)c2)C1=O. The summed E-state index contributed by atoms with van der Waals surface area (Å²) >= 11 is 13.7. The van der Waals surface area contributed by atoms with Crippen LogP contribution in [0.5, 0.6) is 0 Å². The second kappa shape index (κ2) is 7.83. The first-order valence-electron chi connectivity index (χ1n) is 8.48. The van der Waals surface area contributed by atoms with E-state index >= 15 is 0 Å². The Hall–Kier alpha value is -2.54. The summed E-state index contributed by atoms with van der Waals surface area (Å²) in [5, 5.41) is 10.8. The minimum atomic E-state index is -0.863. The van der Waals surface area contributed by atoms with Crippen LogP contribution < -0.4 is 15.3 Å². The molecule has 0 aliphatic carbocycles. The van der Waals surface area contributed by atoms with Gasteiger partial charge in [0.05, 0.1) is 23.6 Å². The van der Waals surface area contributed by atoms with E-state index in [1.165, 1.54) is 16.3 Å². The zero-order valence-corrected chi connectivity index (χ0v) is 16.8. The van der Waals surface area contributed by atoms with Crippen molar-refractivity contribution in [2.75, 3.05) is 21.9 Å². The average molecular weight is 432 g/mol. The standard InChI is InChI=1S/C20H15Cl2N3O2S/c21-13-3-1-5-16(9-13)24-11-18(19(26)23-15-7-8-28-12-15)20(27)25(24)17-6-2-4-14(22)10-17/h1-10,12,18H,11H2,(H,23,26). The van der Waals surface area contributed by atoms with Gasteiger partial charge >= 0.3 is 0 Å². The fraction of sp³-hybridized carbons (Fsp3) is 0.100. The summed E-state index contributed by atoms with van der Waals surface area (Å²) in [7, 11) is 0. The van der Waals surface area contributed by atoms with Crippen molar-refractivity contribution in [2.45, 2.75) is 0 Å². The minimum Gasteiger partial charge on any atom is -0.325 e. The number of halogens is 2. The molecule has 28 heavy (non-hydrogen) atoms. The van der Waals surface area contributed by atoms with Crippen molar-refractivity contribution >= 4 is 63.4 Å². The maximum Gasteiger partial charge on any atom is 0.260 e. The van der Waals surface area contributed by atoms with Crippen LogP contribution in [0.25, 0.3) is 0 Å². The number of thiophene rings is 1. The Morgan fingerprint density at radius 3 is 2.36 bits per heavy atom. The molecule has 0 radical (unpaired) electrons. The molecule has 2 heterocycles. The van der Waals surface area contributed by atoms with E-state index in [4.69, 9.17) is 23.2 Å². The predicted molar refractivity (Wildman–Crippen MR) is 114 cm³/mol. The number of nitrogens with one attached hydrogen (secondary N) is 1. The molecule has 1 unspecified atom stereocenters. The van der Waals surface area contributed by atoms with Crippen molar-refractivity contribution in [2.24, 2.45) is 5.92 Å². The number of hydrogen-bond donors (Lipinski definition) is 1. The van der Waals surface area contributed by atoms with E-state index in [1.54, 1.807) is 53.5 Å². The number of benzene rings is 2. The highest BCUT2D eigenvalue weighted by Gasteiger charge is 2.43. The molecule has 1 aliphatic rings. The van der Waals surface area contributed by atoms with Crippen LogP contribution in [-0.4, -0.2) is 18.4 Å². The first kappa shape index (κ1) is 18.8. The molecule has 0 bridgehead atoms. The third kappa shape index (κ3) is 3.71. The average Bonchev–Trinajstić information content (AvgIpc) is 3.29. The zero-order chi connectivity index (χ0) is 19.7. The Morgan fingerprint density at radius 1 is 1.04 bits per heavy atom. The molecule has 0 spiro atoms. The number of hydrogen-bond acceptors (Lipinski definition) is 4. The maximum absolute atomic E-state index is 13.2. The van der Waals surface area contributed by atoms with Crippen molar-refractivity contribution in [3.05, 3.63) is 75.4 Å². The summed E-state index contributed by atoms with van der Waals surface area (Å²) in [5.41, 5.74) is 1.98. The Bertz CT molecular complexity index is 1030. The van der Waals surface area contributed by atoms with Gasteiger partial charge in [-0.2, -0.15) is 11.3 Å². The molecule has 1 aromatic heterocycles. The van der Waals surface area contributed by atoms with Gasteiger partial charge in [-0.15, -0.1) is 0 Å². The highest BCUT2D eigenvalue weighted by atomic mass is 35.5. The van der Waals surface area contributed by atoms with E-state index in [-0.39, 0.29) is 18.4 Å². The smallest absolute Gasteiger partial charge is 0.260 e. The summed E-state index contributed by atoms with van der Waals surface area (Å²) in [4.78, 5) is 26.0. The van der Waals surface area contributed by atoms with Crippen molar-refractivity contribution in [3.63, 3.8) is 0 Å². The van der Waals surface area contributed by atoms with Gasteiger partial charge in [-0.1, -0.05) is 35.3 Å². The molecule has 1 saturated heterocycles. The molecular formula is C20H15Cl2N3O2S. The van der Waals surface area contributed by atoms with Crippen LogP contribution in [0.15, 0.2) is 65.4 Å². The lowest BCUT2D eigenvalue weighted by molar-refractivity contribution is -0.128. The summed E-state index contributed by atoms with van der Waals surface area (Å²) in [5.74, 6) is -1.53. The zero-order valence-electron chi connectivity index (χ0n) is 14.5. The van der Waals surface area contributed by atoms with Crippen LogP contribution in [0.3, 0.4) is 0 Å². The topological polar surface area (TPSA) is 52.7 Å². The summed E-state index contributed by atoms with van der Waals surface area (Å²) < 4.78 is 0. The second-order valence-electron chi connectivity index (χ2n) is 6.25. The van der Waals surface area contributed by atoms with E-state index in [2.05, 4.69) is 5.32 Å². The number of carbonyl (C=O) groups is 2. The molecular weight excluding hydrogens is 417 g/mol. The Labute approximate surface area is 176 Å². The van der Waals surface area contributed by atoms with Gasteiger partial charge in [0.15, 0.2) is 0 Å². The van der Waals surface area contributed by atoms with Gasteiger partial charge in [0.1, 0.15) is 5.92 Å². The number of carbonyl (C=O) groups excluding carboxylic acids is 2. The van der Waals surface area contributed by atoms with Gasteiger partial charge in [-0.3, -0.25) is 14.6 Å². The molecule has 8 heteroatoms. The summed E-state index contributed by atoms with van der Waals surface area (Å²) in [6.07, 6.45) is 0. The van der Waals surface area contributed by atoms with Crippen molar-refractivity contribution in [3.8, 4) is 0 Å². The molecule has 1 atom stereocenters. The molecule has 0 saturated carbocycles. The molecule has 142 valence electrons. The Balaban J connectivity index is 1.70. The van der Waals surface area contributed by atoms with Crippen molar-refractivity contribution in [1.29, 1.82) is 0 Å². The molecule has 1 N–H and O–H groups in total. The normalized spacial score (nSPS) is 16.5. The Kier molecular flexibility index (Phi) is 5.26. The number of nitrogens with zero attached hydrogens (tertiary/aromatic N) is 2. The third-order valence-corrected chi connectivity index (χ3v) is 5.52. The van der Waals surface area contributed by atoms with Gasteiger partial charge in [0.25, 0.3) is 5.91 Å². The van der Waals surface area contributed by atoms with Gasteiger partial charge in [0, 0.05) is 15.4 Å². The second-order valence-corrected chi connectivity index (χ2v) is 7.90. The highest BCUT2D eigenvalue weighted by Crippen LogP contribution is 2.33. The monoisotopic (exact) mass is 431 g/mol. The van der Waals surface area contributed by atoms with E-state index in [0.717, 1.165) is 0 Å². The molecule has 2 aromatic carbocycles. The number of rotatable bonds is 4. The lowest BCUT2D eigenvalue weighted by atomic mass is 10.1. The van der Waals surface area contributed by atoms with Gasteiger partial charge in [0.2, 0.25) is 5.91 Å². The molecule has 1 fully saturated rings. The lowest BCUT2D eigenvalue weighted by Crippen LogP contribution is -2.39. The van der Waals surface area contributed by atoms with Crippen LogP contribution in [0, 0.1) is 5.92 Å². The van der Waals surface area contributed by atoms with E-state index in [0.29, 0.717) is 27.1 Å². The summed E-state index contributed by atoms with van der Waals surface area (Å²) in [6.45, 7) is 0.196. The van der Waals surface area contributed by atoms with Gasteiger partial charge in [-0.05, 0) is 47.8 Å². The number of anilines is 3. The predicted octanol–water partition coefficient (Wildman–Crippen LogP) is 5.08. The molecule has 2 amide bonds. The maximum atomic E-state index is 13.2. The van der Waals surface area contributed by atoms with Crippen LogP contribution >= 0.6 is 34.5 Å². The minimum absolute atomic E-state index is 0.196. The highest BCUT2D eigenvalue weighted by molar-refractivity contribution is 7.08. The number of amides is 2. The quantitative estimate of drug-likeness (QED) is 0.586. The molecule has 5 nitrogen and oxygen atoms in total. The van der Waals surface area contributed by atoms with E-state index < -0.39 is 5.92 Å². The fourth-order valence-corrected chi connectivity index (χ4v) is 4.05. The third-order valence-electron chi connectivity index (χ3n) is 4.37. The summed E-state index contributed by atoms with van der Waals surface area (Å²) in [6, 6.07) is 15.9. The van der Waals surface area contributed by atoms with Gasteiger partial charge in [-0.25, -0.2) is 5.01 Å². The van der Waals surface area contributed by atoms with Crippen LogP contribution in [0.4, 0.5) is 17.1 Å². The fourth-order valence-electron chi connectivity index (χ4n) is 3.09. The first-order chi connectivity index (χ1) is 13.5. The van der Waals surface area contributed by atoms with E-state index in [1.807, 2.05) is 16.8 Å².